The summed E-state index contributed by atoms with van der Waals surface area (Å²) in [4.78, 5) is 6.68. The maximum Gasteiger partial charge on any atom is 0.0931 e. The minimum atomic E-state index is -0.488. The number of hydrogen-bond acceptors (Lipinski definition) is 3. The first-order valence-corrected chi connectivity index (χ1v) is 6.96. The van der Waals surface area contributed by atoms with Crippen LogP contribution in [0.15, 0.2) is 18.3 Å². The summed E-state index contributed by atoms with van der Waals surface area (Å²) in [6.45, 7) is 4.09. The molecule has 0 aromatic carbocycles. The molecule has 0 radical (unpaired) electrons. The number of aliphatic hydroxyl groups is 1. The molecule has 1 heterocycles. The van der Waals surface area contributed by atoms with Crippen molar-refractivity contribution in [3.05, 3.63) is 24.0 Å². The Morgan fingerprint density at radius 3 is 2.61 bits per heavy atom. The summed E-state index contributed by atoms with van der Waals surface area (Å²) in [6, 6.07) is 4.61. The maximum absolute atomic E-state index is 9.47. The Morgan fingerprint density at radius 1 is 1.33 bits per heavy atom. The van der Waals surface area contributed by atoms with Gasteiger partial charge in [-0.3, -0.25) is 4.98 Å². The van der Waals surface area contributed by atoms with Gasteiger partial charge >= 0.3 is 0 Å². The van der Waals surface area contributed by atoms with Gasteiger partial charge in [0.2, 0.25) is 0 Å². The van der Waals surface area contributed by atoms with Gasteiger partial charge in [-0.15, -0.1) is 0 Å². The number of anilines is 1. The van der Waals surface area contributed by atoms with Crippen molar-refractivity contribution < 1.29 is 5.11 Å². The van der Waals surface area contributed by atoms with Gasteiger partial charge in [0.25, 0.3) is 0 Å². The first-order valence-electron chi connectivity index (χ1n) is 6.96. The van der Waals surface area contributed by atoms with Crippen LogP contribution in [0.3, 0.4) is 0 Å². The highest BCUT2D eigenvalue weighted by Crippen LogP contribution is 2.30. The van der Waals surface area contributed by atoms with E-state index in [2.05, 4.69) is 29.9 Å². The quantitative estimate of drug-likeness (QED) is 0.892. The zero-order chi connectivity index (χ0) is 13.1. The average molecular weight is 248 g/mol. The zero-order valence-corrected chi connectivity index (χ0v) is 11.6. The molecule has 3 atom stereocenters. The van der Waals surface area contributed by atoms with Crippen LogP contribution in [-0.4, -0.2) is 23.2 Å². The highest BCUT2D eigenvalue weighted by atomic mass is 16.3. The summed E-state index contributed by atoms with van der Waals surface area (Å²) in [7, 11) is 2.16. The van der Waals surface area contributed by atoms with Crippen LogP contribution in [0.2, 0.25) is 0 Å². The predicted octanol–water partition coefficient (Wildman–Crippen LogP) is 3.15. The van der Waals surface area contributed by atoms with Crippen LogP contribution < -0.4 is 4.90 Å². The molecule has 1 fully saturated rings. The summed E-state index contributed by atoms with van der Waals surface area (Å²) in [5.41, 5.74) is 1.89. The predicted molar refractivity (Wildman–Crippen MR) is 74.7 cm³/mol. The van der Waals surface area contributed by atoms with Crippen molar-refractivity contribution in [1.82, 2.24) is 4.98 Å². The Labute approximate surface area is 110 Å². The van der Waals surface area contributed by atoms with Gasteiger partial charge < -0.3 is 10.0 Å². The third-order valence-corrected chi connectivity index (χ3v) is 4.17. The van der Waals surface area contributed by atoms with Gasteiger partial charge in [-0.1, -0.05) is 19.8 Å². The highest BCUT2D eigenvalue weighted by molar-refractivity contribution is 5.45. The second kappa shape index (κ2) is 5.70. The molecule has 1 saturated carbocycles. The summed E-state index contributed by atoms with van der Waals surface area (Å²) in [6.07, 6.45) is 6.69. The molecule has 3 nitrogen and oxygen atoms in total. The van der Waals surface area contributed by atoms with Crippen LogP contribution in [-0.2, 0) is 0 Å². The third-order valence-electron chi connectivity index (χ3n) is 4.17. The number of aliphatic hydroxyl groups excluding tert-OH is 1. The molecule has 1 aromatic heterocycles. The number of hydrogen-bond donors (Lipinski definition) is 1. The molecule has 0 spiro atoms. The average Bonchev–Trinajstić information content (AvgIpc) is 2.38. The van der Waals surface area contributed by atoms with Gasteiger partial charge in [0, 0.05) is 13.1 Å². The van der Waals surface area contributed by atoms with Gasteiger partial charge in [-0.25, -0.2) is 0 Å². The van der Waals surface area contributed by atoms with Gasteiger partial charge in [0.05, 0.1) is 23.7 Å². The SMILES string of the molecule is CC(O)c1ccc(N(C)C2CCCCC2C)cn1. The fourth-order valence-corrected chi connectivity index (χ4v) is 2.92. The van der Waals surface area contributed by atoms with Gasteiger partial charge in [-0.2, -0.15) is 0 Å². The fraction of sp³-hybridized carbons (Fsp3) is 0.667. The lowest BCUT2D eigenvalue weighted by atomic mass is 9.85. The highest BCUT2D eigenvalue weighted by Gasteiger charge is 2.25. The zero-order valence-electron chi connectivity index (χ0n) is 11.6. The number of rotatable bonds is 3. The number of pyridine rings is 1. The van der Waals surface area contributed by atoms with E-state index in [4.69, 9.17) is 0 Å². The molecule has 0 saturated heterocycles. The fourth-order valence-electron chi connectivity index (χ4n) is 2.92. The minimum absolute atomic E-state index is 0.488. The standard InChI is InChI=1S/C15H24N2O/c1-11-6-4-5-7-15(11)17(3)13-8-9-14(12(2)18)16-10-13/h8-12,15,18H,4-7H2,1-3H3. The molecular formula is C15H24N2O. The van der Waals surface area contributed by atoms with Crippen LogP contribution in [0, 0.1) is 5.92 Å². The van der Waals surface area contributed by atoms with Crippen LogP contribution in [0.25, 0.3) is 0 Å². The molecule has 0 bridgehead atoms. The monoisotopic (exact) mass is 248 g/mol. The van der Waals surface area contributed by atoms with Gasteiger partial charge in [0.1, 0.15) is 0 Å². The Balaban J connectivity index is 2.10. The van der Waals surface area contributed by atoms with Crippen LogP contribution in [0.5, 0.6) is 0 Å². The van der Waals surface area contributed by atoms with Crippen molar-refractivity contribution in [2.45, 2.75) is 51.7 Å². The van der Waals surface area contributed by atoms with E-state index in [1.165, 1.54) is 25.7 Å². The molecule has 3 unspecified atom stereocenters. The molecule has 3 heteroatoms. The van der Waals surface area contributed by atoms with E-state index in [-0.39, 0.29) is 0 Å². The number of aromatic nitrogens is 1. The largest absolute Gasteiger partial charge is 0.387 e. The first-order chi connectivity index (χ1) is 8.59. The van der Waals surface area contributed by atoms with E-state index in [0.717, 1.165) is 17.3 Å². The third kappa shape index (κ3) is 2.83. The van der Waals surface area contributed by atoms with Crippen molar-refractivity contribution >= 4 is 5.69 Å². The van der Waals surface area contributed by atoms with Crippen LogP contribution in [0.4, 0.5) is 5.69 Å². The molecule has 1 aliphatic rings. The summed E-state index contributed by atoms with van der Waals surface area (Å²) in [5.74, 6) is 0.750. The van der Waals surface area contributed by atoms with E-state index in [0.29, 0.717) is 6.04 Å². The molecule has 0 aliphatic heterocycles. The minimum Gasteiger partial charge on any atom is -0.387 e. The van der Waals surface area contributed by atoms with Crippen molar-refractivity contribution in [2.75, 3.05) is 11.9 Å². The molecule has 1 N–H and O–H groups in total. The maximum atomic E-state index is 9.47. The molecule has 1 aromatic rings. The summed E-state index contributed by atoms with van der Waals surface area (Å²) in [5, 5.41) is 9.47. The van der Waals surface area contributed by atoms with Crippen LogP contribution in [0.1, 0.15) is 51.3 Å². The van der Waals surface area contributed by atoms with Crippen LogP contribution >= 0.6 is 0 Å². The number of nitrogens with zero attached hydrogens (tertiary/aromatic N) is 2. The second-order valence-electron chi connectivity index (χ2n) is 5.56. The van der Waals surface area contributed by atoms with E-state index in [9.17, 15) is 5.11 Å². The smallest absolute Gasteiger partial charge is 0.0931 e. The molecule has 100 valence electrons. The van der Waals surface area contributed by atoms with E-state index in [1.54, 1.807) is 6.92 Å². The Morgan fingerprint density at radius 2 is 2.06 bits per heavy atom. The second-order valence-corrected chi connectivity index (χ2v) is 5.56. The first kappa shape index (κ1) is 13.3. The lowest BCUT2D eigenvalue weighted by Crippen LogP contribution is -2.39. The summed E-state index contributed by atoms with van der Waals surface area (Å²) < 4.78 is 0. The Bertz CT molecular complexity index is 375. The molecule has 18 heavy (non-hydrogen) atoms. The van der Waals surface area contributed by atoms with E-state index < -0.39 is 6.10 Å². The van der Waals surface area contributed by atoms with E-state index in [1.807, 2.05) is 12.3 Å². The summed E-state index contributed by atoms with van der Waals surface area (Å²) >= 11 is 0. The Hall–Kier alpha value is -1.09. The van der Waals surface area contributed by atoms with Crippen molar-refractivity contribution in [1.29, 1.82) is 0 Å². The molecule has 2 rings (SSSR count). The molecular weight excluding hydrogens is 224 g/mol. The van der Waals surface area contributed by atoms with E-state index >= 15 is 0 Å². The van der Waals surface area contributed by atoms with Gasteiger partial charge in [-0.05, 0) is 37.8 Å². The lowest BCUT2D eigenvalue weighted by molar-refractivity contribution is 0.194. The molecule has 0 amide bonds. The molecule has 1 aliphatic carbocycles. The lowest BCUT2D eigenvalue weighted by Gasteiger charge is -2.37. The van der Waals surface area contributed by atoms with Crippen molar-refractivity contribution in [3.63, 3.8) is 0 Å². The van der Waals surface area contributed by atoms with Gasteiger partial charge in [0.15, 0.2) is 0 Å². The van der Waals surface area contributed by atoms with Crippen molar-refractivity contribution in [2.24, 2.45) is 5.92 Å². The topological polar surface area (TPSA) is 36.4 Å². The van der Waals surface area contributed by atoms with Crippen molar-refractivity contribution in [3.8, 4) is 0 Å². The normalized spacial score (nSPS) is 25.8. The Kier molecular flexibility index (Phi) is 4.23.